The summed E-state index contributed by atoms with van der Waals surface area (Å²) in [7, 11) is 3.83. The zero-order chi connectivity index (χ0) is 24.4. The van der Waals surface area contributed by atoms with Crippen molar-refractivity contribution in [2.24, 2.45) is 11.3 Å². The molecule has 2 aromatic rings. The summed E-state index contributed by atoms with van der Waals surface area (Å²) in [4.78, 5) is 1.96. The Kier molecular flexibility index (Phi) is 4.32. The van der Waals surface area contributed by atoms with Crippen molar-refractivity contribution in [3.63, 3.8) is 0 Å². The molecule has 35 heavy (non-hydrogen) atoms. The van der Waals surface area contributed by atoms with E-state index in [4.69, 9.17) is 4.74 Å². The number of hydrogen-bond acceptors (Lipinski definition) is 5. The van der Waals surface area contributed by atoms with Crippen LogP contribution in [0, 0.1) is 11.3 Å². The maximum atomic E-state index is 17.1. The van der Waals surface area contributed by atoms with Crippen LogP contribution in [0.1, 0.15) is 51.0 Å². The number of benzene rings is 1. The second-order valence-corrected chi connectivity index (χ2v) is 12.1. The van der Waals surface area contributed by atoms with E-state index in [0.717, 1.165) is 17.3 Å². The van der Waals surface area contributed by atoms with Crippen molar-refractivity contribution in [3.05, 3.63) is 47.7 Å². The number of rotatable bonds is 2. The van der Waals surface area contributed by atoms with Gasteiger partial charge in [0, 0.05) is 17.3 Å². The molecule has 2 aliphatic heterocycles. The molecule has 7 rings (SSSR count). The first kappa shape index (κ1) is 22.2. The van der Waals surface area contributed by atoms with Gasteiger partial charge in [0.1, 0.15) is 11.7 Å². The second-order valence-electron chi connectivity index (χ2n) is 12.1. The Hall–Kier alpha value is -2.06. The molecule has 6 nitrogen and oxygen atoms in total. The maximum Gasteiger partial charge on any atom is 0.158 e. The lowest BCUT2D eigenvalue weighted by molar-refractivity contribution is -0.239. The van der Waals surface area contributed by atoms with Gasteiger partial charge in [-0.25, -0.2) is 4.39 Å². The van der Waals surface area contributed by atoms with E-state index in [1.165, 1.54) is 11.1 Å². The van der Waals surface area contributed by atoms with Crippen molar-refractivity contribution in [1.82, 2.24) is 15.1 Å². The summed E-state index contributed by atoms with van der Waals surface area (Å²) in [5.41, 5.74) is 0.577. The Bertz CT molecular complexity index is 1290. The van der Waals surface area contributed by atoms with Gasteiger partial charge in [0.2, 0.25) is 0 Å². The number of nitrogens with zero attached hydrogens (tertiary/aromatic N) is 2. The molecule has 8 unspecified atom stereocenters. The first-order chi connectivity index (χ1) is 16.6. The molecule has 2 bridgehead atoms. The minimum atomic E-state index is -1.64. The standard InChI is InChI=1S/C28H34FN3O3/c1-25-8-10-27(29)13-19-23(33)24(34)21(32(2)3)14-26(19)9-11-28(27,35-26)22(25)7-5-18(25)16-4-6-20-17(12-16)15-30-31-20/h4-6,12-13,15,21-24,33-34H,7-11,14H2,1-3H3,(H,30,31). The molecular formula is C28H34FN3O3. The van der Waals surface area contributed by atoms with E-state index in [1.807, 2.05) is 25.2 Å². The van der Waals surface area contributed by atoms with Gasteiger partial charge in [-0.1, -0.05) is 19.1 Å². The Morgan fingerprint density at radius 3 is 2.80 bits per heavy atom. The highest BCUT2D eigenvalue weighted by atomic mass is 19.1. The molecule has 5 aliphatic rings. The monoisotopic (exact) mass is 479 g/mol. The molecule has 0 radical (unpaired) electrons. The van der Waals surface area contributed by atoms with E-state index in [-0.39, 0.29) is 17.4 Å². The minimum Gasteiger partial charge on any atom is -0.388 e. The van der Waals surface area contributed by atoms with Crippen molar-refractivity contribution >= 4 is 16.5 Å². The molecule has 3 aliphatic carbocycles. The SMILES string of the molecule is CN(C)C1CC23CCC4(O2)C2CC=C(c5ccc6[nH]ncc6c5)C2(C)CCC4(F)C=C3C(O)C1O. The van der Waals surface area contributed by atoms with E-state index >= 15 is 4.39 Å². The van der Waals surface area contributed by atoms with Crippen LogP contribution in [-0.2, 0) is 4.74 Å². The van der Waals surface area contributed by atoms with Crippen LogP contribution in [0.3, 0.4) is 0 Å². The number of aromatic amines is 1. The third kappa shape index (κ3) is 2.60. The smallest absolute Gasteiger partial charge is 0.158 e. The van der Waals surface area contributed by atoms with E-state index in [2.05, 4.69) is 41.4 Å². The van der Waals surface area contributed by atoms with Crippen LogP contribution in [0.5, 0.6) is 0 Å². The Morgan fingerprint density at radius 1 is 1.17 bits per heavy atom. The molecule has 0 amide bonds. The summed E-state index contributed by atoms with van der Waals surface area (Å²) < 4.78 is 24.1. The first-order valence-electron chi connectivity index (χ1n) is 12.9. The zero-order valence-electron chi connectivity index (χ0n) is 20.6. The van der Waals surface area contributed by atoms with Crippen molar-refractivity contribution in [3.8, 4) is 0 Å². The van der Waals surface area contributed by atoms with Crippen molar-refractivity contribution in [2.45, 2.75) is 80.6 Å². The molecule has 1 saturated heterocycles. The van der Waals surface area contributed by atoms with Gasteiger partial charge in [-0.05, 0) is 93.0 Å². The highest BCUT2D eigenvalue weighted by Gasteiger charge is 2.74. The topological polar surface area (TPSA) is 81.6 Å². The number of ether oxygens (including phenoxy) is 1. The number of allylic oxidation sites excluding steroid dienone is 2. The number of likely N-dealkylation sites (N-methyl/N-ethyl adjacent to an activating group) is 1. The lowest BCUT2D eigenvalue weighted by Crippen LogP contribution is -2.68. The van der Waals surface area contributed by atoms with Crippen LogP contribution in [0.4, 0.5) is 4.39 Å². The van der Waals surface area contributed by atoms with E-state index < -0.39 is 29.1 Å². The summed E-state index contributed by atoms with van der Waals surface area (Å²) in [6.07, 6.45) is 7.53. The normalized spacial score (nSPS) is 46.3. The van der Waals surface area contributed by atoms with Gasteiger partial charge in [-0.15, -0.1) is 0 Å². The minimum absolute atomic E-state index is 0.0165. The molecule has 2 spiro atoms. The van der Waals surface area contributed by atoms with Crippen molar-refractivity contribution in [2.75, 3.05) is 14.1 Å². The number of alkyl halides is 1. The van der Waals surface area contributed by atoms with E-state index in [9.17, 15) is 10.2 Å². The Morgan fingerprint density at radius 2 is 2.00 bits per heavy atom. The molecule has 3 fully saturated rings. The lowest BCUT2D eigenvalue weighted by atomic mass is 9.53. The summed E-state index contributed by atoms with van der Waals surface area (Å²) in [5, 5.41) is 30.2. The summed E-state index contributed by atoms with van der Waals surface area (Å²) in [5.74, 6) is 0.0165. The molecule has 7 heteroatoms. The van der Waals surface area contributed by atoms with Gasteiger partial charge in [0.15, 0.2) is 5.67 Å². The number of hydrogen-bond donors (Lipinski definition) is 3. The van der Waals surface area contributed by atoms with Gasteiger partial charge in [-0.3, -0.25) is 5.10 Å². The summed E-state index contributed by atoms with van der Waals surface area (Å²) in [6, 6.07) is 6.16. The largest absolute Gasteiger partial charge is 0.388 e. The van der Waals surface area contributed by atoms with Crippen LogP contribution < -0.4 is 0 Å². The number of nitrogens with one attached hydrogen (secondary N) is 1. The highest BCUT2D eigenvalue weighted by Crippen LogP contribution is 2.71. The number of aliphatic hydroxyl groups is 2. The number of fused-ring (bicyclic) bond motifs is 2. The Labute approximate surface area is 204 Å². The molecule has 2 saturated carbocycles. The third-order valence-electron chi connectivity index (χ3n) is 10.4. The number of halogens is 1. The van der Waals surface area contributed by atoms with Gasteiger partial charge in [0.05, 0.1) is 23.4 Å². The molecule has 1 aromatic carbocycles. The van der Waals surface area contributed by atoms with E-state index in [0.29, 0.717) is 37.7 Å². The maximum absolute atomic E-state index is 17.1. The summed E-state index contributed by atoms with van der Waals surface area (Å²) >= 11 is 0. The van der Waals surface area contributed by atoms with Crippen LogP contribution in [-0.4, -0.2) is 74.5 Å². The average molecular weight is 480 g/mol. The molecule has 8 atom stereocenters. The Balaban J connectivity index is 1.31. The lowest BCUT2D eigenvalue weighted by Gasteiger charge is -2.60. The summed E-state index contributed by atoms with van der Waals surface area (Å²) in [6.45, 7) is 2.29. The molecule has 3 N–H and O–H groups in total. The fourth-order valence-electron chi connectivity index (χ4n) is 8.54. The molecule has 1 aromatic heterocycles. The fourth-order valence-corrected chi connectivity index (χ4v) is 8.54. The highest BCUT2D eigenvalue weighted by molar-refractivity contribution is 5.85. The first-order valence-corrected chi connectivity index (χ1v) is 12.9. The van der Waals surface area contributed by atoms with Gasteiger partial charge in [-0.2, -0.15) is 5.10 Å². The van der Waals surface area contributed by atoms with Gasteiger partial charge < -0.3 is 19.8 Å². The number of H-pyrrole nitrogens is 1. The second kappa shape index (κ2) is 6.82. The van der Waals surface area contributed by atoms with Crippen LogP contribution in [0.25, 0.3) is 16.5 Å². The zero-order valence-corrected chi connectivity index (χ0v) is 20.6. The van der Waals surface area contributed by atoms with Crippen LogP contribution in [0.2, 0.25) is 0 Å². The third-order valence-corrected chi connectivity index (χ3v) is 10.4. The van der Waals surface area contributed by atoms with Gasteiger partial charge in [0.25, 0.3) is 0 Å². The average Bonchev–Trinajstić information content (AvgIpc) is 3.52. The van der Waals surface area contributed by atoms with Gasteiger partial charge >= 0.3 is 0 Å². The fraction of sp³-hybridized carbons (Fsp3) is 0.607. The van der Waals surface area contributed by atoms with Crippen molar-refractivity contribution in [1.29, 1.82) is 0 Å². The molecule has 186 valence electrons. The predicted molar refractivity (Wildman–Crippen MR) is 131 cm³/mol. The molecule has 3 heterocycles. The van der Waals surface area contributed by atoms with Crippen LogP contribution in [0.15, 0.2) is 42.1 Å². The van der Waals surface area contributed by atoms with Crippen LogP contribution >= 0.6 is 0 Å². The van der Waals surface area contributed by atoms with Crippen molar-refractivity contribution < 1.29 is 19.3 Å². The quantitative estimate of drug-likeness (QED) is 0.572. The predicted octanol–water partition coefficient (Wildman–Crippen LogP) is 3.76. The molecular weight excluding hydrogens is 445 g/mol. The number of aliphatic hydroxyl groups excluding tert-OH is 2. The number of aromatic nitrogens is 2. The van der Waals surface area contributed by atoms with E-state index in [1.54, 1.807) is 6.08 Å².